The normalized spacial score (nSPS) is 11.0. The van der Waals surface area contributed by atoms with Crippen molar-refractivity contribution in [2.24, 2.45) is 14.1 Å². The first-order chi connectivity index (χ1) is 12.6. The maximum Gasteiger partial charge on any atom is 0.261 e. The van der Waals surface area contributed by atoms with Crippen molar-refractivity contribution in [1.29, 1.82) is 0 Å². The average molecular weight is 366 g/mol. The number of aromatic nitrogens is 3. The van der Waals surface area contributed by atoms with Gasteiger partial charge in [-0.05, 0) is 24.3 Å². The summed E-state index contributed by atoms with van der Waals surface area (Å²) < 4.78 is 8.96. The monoisotopic (exact) mass is 366 g/mol. The Balaban J connectivity index is 1.74. The Kier molecular flexibility index (Phi) is 4.00. The number of ether oxygens (including phenoxy) is 1. The van der Waals surface area contributed by atoms with Crippen LogP contribution in [0.5, 0.6) is 5.75 Å². The Bertz CT molecular complexity index is 1160. The fourth-order valence-corrected chi connectivity index (χ4v) is 3.80. The van der Waals surface area contributed by atoms with Crippen molar-refractivity contribution < 1.29 is 4.74 Å². The topological polar surface area (TPSA) is 61.1 Å². The highest BCUT2D eigenvalue weighted by atomic mass is 32.1. The van der Waals surface area contributed by atoms with Crippen molar-refractivity contribution in [3.63, 3.8) is 0 Å². The quantitative estimate of drug-likeness (QED) is 0.597. The largest absolute Gasteiger partial charge is 0.495 e. The molecule has 1 N–H and O–H groups in total. The third-order valence-corrected chi connectivity index (χ3v) is 5.11. The molecule has 0 saturated carbocycles. The molecule has 0 fully saturated rings. The summed E-state index contributed by atoms with van der Waals surface area (Å²) in [4.78, 5) is 17.4. The summed E-state index contributed by atoms with van der Waals surface area (Å²) in [6.07, 6.45) is 1.95. The van der Waals surface area contributed by atoms with Crippen LogP contribution in [0.2, 0.25) is 0 Å². The Morgan fingerprint density at radius 2 is 2.00 bits per heavy atom. The molecule has 7 heteroatoms. The standard InChI is InChI=1S/C19H18N4O2S/c1-22-9-8-12-10-13(18(24)23(2)17(12)22)15-11-26-19(21-15)20-14-6-4-5-7-16(14)25-3/h4-11H,1-3H3,(H,20,21). The van der Waals surface area contributed by atoms with Gasteiger partial charge in [-0.25, -0.2) is 4.98 Å². The molecule has 0 bridgehead atoms. The summed E-state index contributed by atoms with van der Waals surface area (Å²) in [5, 5.41) is 6.87. The molecule has 26 heavy (non-hydrogen) atoms. The van der Waals surface area contributed by atoms with E-state index in [4.69, 9.17) is 4.74 Å². The molecule has 3 aromatic heterocycles. The van der Waals surface area contributed by atoms with Gasteiger partial charge < -0.3 is 14.6 Å². The predicted molar refractivity (Wildman–Crippen MR) is 106 cm³/mol. The highest BCUT2D eigenvalue weighted by Crippen LogP contribution is 2.31. The van der Waals surface area contributed by atoms with Crippen LogP contribution in [0.1, 0.15) is 0 Å². The third kappa shape index (κ3) is 2.66. The van der Waals surface area contributed by atoms with Gasteiger partial charge in [-0.1, -0.05) is 12.1 Å². The molecule has 0 unspecified atom stereocenters. The van der Waals surface area contributed by atoms with Crippen molar-refractivity contribution in [1.82, 2.24) is 14.1 Å². The number of fused-ring (bicyclic) bond motifs is 1. The van der Waals surface area contributed by atoms with Crippen LogP contribution in [-0.2, 0) is 14.1 Å². The van der Waals surface area contributed by atoms with Gasteiger partial charge in [0.2, 0.25) is 0 Å². The van der Waals surface area contributed by atoms with Crippen LogP contribution in [0.4, 0.5) is 10.8 Å². The van der Waals surface area contributed by atoms with Crippen molar-refractivity contribution in [3.05, 3.63) is 58.3 Å². The molecule has 3 heterocycles. The van der Waals surface area contributed by atoms with Gasteiger partial charge in [-0.2, -0.15) is 0 Å². The number of methoxy groups -OCH3 is 1. The third-order valence-electron chi connectivity index (χ3n) is 4.35. The summed E-state index contributed by atoms with van der Waals surface area (Å²) in [6.45, 7) is 0. The Labute approximate surface area is 154 Å². The summed E-state index contributed by atoms with van der Waals surface area (Å²) in [6, 6.07) is 11.6. The maximum atomic E-state index is 12.8. The Morgan fingerprint density at radius 1 is 1.19 bits per heavy atom. The lowest BCUT2D eigenvalue weighted by Gasteiger charge is -2.08. The van der Waals surface area contributed by atoms with Crippen LogP contribution in [0, 0.1) is 0 Å². The number of thiazole rings is 1. The second kappa shape index (κ2) is 6.34. The van der Waals surface area contributed by atoms with Gasteiger partial charge in [0.05, 0.1) is 24.1 Å². The fraction of sp³-hybridized carbons (Fsp3) is 0.158. The number of benzene rings is 1. The minimum atomic E-state index is -0.0616. The van der Waals surface area contributed by atoms with Gasteiger partial charge in [0.15, 0.2) is 5.13 Å². The molecular weight excluding hydrogens is 348 g/mol. The van der Waals surface area contributed by atoms with Crippen LogP contribution < -0.4 is 15.6 Å². The van der Waals surface area contributed by atoms with Crippen LogP contribution in [0.15, 0.2) is 52.8 Å². The first-order valence-corrected chi connectivity index (χ1v) is 8.97. The van der Waals surface area contributed by atoms with E-state index >= 15 is 0 Å². The smallest absolute Gasteiger partial charge is 0.261 e. The molecule has 0 aliphatic carbocycles. The number of pyridine rings is 1. The van der Waals surface area contributed by atoms with Crippen molar-refractivity contribution >= 4 is 33.2 Å². The van der Waals surface area contributed by atoms with Crippen LogP contribution >= 0.6 is 11.3 Å². The van der Waals surface area contributed by atoms with Gasteiger partial charge >= 0.3 is 0 Å². The summed E-state index contributed by atoms with van der Waals surface area (Å²) >= 11 is 1.45. The van der Waals surface area contributed by atoms with E-state index in [0.717, 1.165) is 22.5 Å². The van der Waals surface area contributed by atoms with Crippen molar-refractivity contribution in [2.45, 2.75) is 0 Å². The highest BCUT2D eigenvalue weighted by Gasteiger charge is 2.14. The fourth-order valence-electron chi connectivity index (χ4n) is 3.08. The first kappa shape index (κ1) is 16.4. The van der Waals surface area contributed by atoms with Crippen LogP contribution in [-0.4, -0.2) is 21.2 Å². The van der Waals surface area contributed by atoms with Gasteiger partial charge in [0.25, 0.3) is 5.56 Å². The van der Waals surface area contributed by atoms with E-state index in [-0.39, 0.29) is 5.56 Å². The van der Waals surface area contributed by atoms with E-state index in [2.05, 4.69) is 10.3 Å². The van der Waals surface area contributed by atoms with Gasteiger partial charge in [-0.3, -0.25) is 9.36 Å². The number of nitrogens with one attached hydrogen (secondary N) is 1. The number of para-hydroxylation sites is 2. The molecular formula is C19H18N4O2S. The molecule has 0 spiro atoms. The number of hydrogen-bond donors (Lipinski definition) is 1. The van der Waals surface area contributed by atoms with E-state index in [9.17, 15) is 4.79 Å². The lowest BCUT2D eigenvalue weighted by molar-refractivity contribution is 0.417. The number of nitrogens with zero attached hydrogens (tertiary/aromatic N) is 3. The zero-order chi connectivity index (χ0) is 18.3. The minimum absolute atomic E-state index is 0.0616. The predicted octanol–water partition coefficient (Wildman–Crippen LogP) is 3.75. The molecule has 0 saturated heterocycles. The number of aryl methyl sites for hydroxylation is 2. The summed E-state index contributed by atoms with van der Waals surface area (Å²) in [5.74, 6) is 0.742. The zero-order valence-corrected chi connectivity index (χ0v) is 15.5. The molecule has 0 aliphatic heterocycles. The number of hydrogen-bond acceptors (Lipinski definition) is 5. The molecule has 1 aromatic carbocycles. The second-order valence-electron chi connectivity index (χ2n) is 5.99. The highest BCUT2D eigenvalue weighted by molar-refractivity contribution is 7.14. The molecule has 0 atom stereocenters. The molecule has 132 valence electrons. The molecule has 6 nitrogen and oxygen atoms in total. The zero-order valence-electron chi connectivity index (χ0n) is 14.7. The molecule has 4 rings (SSSR count). The number of anilines is 2. The minimum Gasteiger partial charge on any atom is -0.495 e. The molecule has 0 aliphatic rings. The van der Waals surface area contributed by atoms with E-state index in [1.54, 1.807) is 18.7 Å². The lowest BCUT2D eigenvalue weighted by Crippen LogP contribution is -2.20. The molecule has 4 aromatic rings. The van der Waals surface area contributed by atoms with Gasteiger partial charge in [-0.15, -0.1) is 11.3 Å². The van der Waals surface area contributed by atoms with E-state index < -0.39 is 0 Å². The Hall–Kier alpha value is -3.06. The van der Waals surface area contributed by atoms with E-state index in [0.29, 0.717) is 16.4 Å². The average Bonchev–Trinajstić information content (AvgIpc) is 3.25. The van der Waals surface area contributed by atoms with E-state index in [1.807, 2.05) is 59.6 Å². The number of rotatable bonds is 4. The second-order valence-corrected chi connectivity index (χ2v) is 6.85. The molecule has 0 amide bonds. The Morgan fingerprint density at radius 3 is 2.81 bits per heavy atom. The van der Waals surface area contributed by atoms with Gasteiger partial charge in [0, 0.05) is 31.1 Å². The lowest BCUT2D eigenvalue weighted by atomic mass is 10.2. The summed E-state index contributed by atoms with van der Waals surface area (Å²) in [5.41, 5.74) is 2.92. The van der Waals surface area contributed by atoms with Crippen LogP contribution in [0.3, 0.4) is 0 Å². The summed E-state index contributed by atoms with van der Waals surface area (Å²) in [7, 11) is 5.35. The maximum absolute atomic E-state index is 12.8. The van der Waals surface area contributed by atoms with Crippen LogP contribution in [0.25, 0.3) is 22.3 Å². The SMILES string of the molecule is COc1ccccc1Nc1nc(-c2cc3ccn(C)c3n(C)c2=O)cs1. The first-order valence-electron chi connectivity index (χ1n) is 8.09. The van der Waals surface area contributed by atoms with Crippen molar-refractivity contribution in [3.8, 4) is 17.0 Å². The van der Waals surface area contributed by atoms with Crippen molar-refractivity contribution in [2.75, 3.05) is 12.4 Å². The van der Waals surface area contributed by atoms with E-state index in [1.165, 1.54) is 11.3 Å². The molecule has 0 radical (unpaired) electrons. The van der Waals surface area contributed by atoms with Gasteiger partial charge in [0.1, 0.15) is 11.4 Å².